The Hall–Kier alpha value is -1.47. The summed E-state index contributed by atoms with van der Waals surface area (Å²) >= 11 is 0. The molecular formula is C14H26N4O3. The highest BCUT2D eigenvalue weighted by Crippen LogP contribution is 2.22. The van der Waals surface area contributed by atoms with Crippen LogP contribution in [0.25, 0.3) is 0 Å². The van der Waals surface area contributed by atoms with E-state index in [0.29, 0.717) is 17.9 Å². The van der Waals surface area contributed by atoms with Crippen molar-refractivity contribution in [3.8, 4) is 0 Å². The highest BCUT2D eigenvalue weighted by Gasteiger charge is 2.23. The van der Waals surface area contributed by atoms with E-state index < -0.39 is 11.0 Å². The van der Waals surface area contributed by atoms with Gasteiger partial charge in [-0.1, -0.05) is 20.8 Å². The Balaban J connectivity index is 2.58. The van der Waals surface area contributed by atoms with Crippen molar-refractivity contribution < 1.29 is 10.0 Å². The van der Waals surface area contributed by atoms with E-state index >= 15 is 0 Å². The lowest BCUT2D eigenvalue weighted by molar-refractivity contribution is -0.386. The lowest BCUT2D eigenvalue weighted by Gasteiger charge is -2.24. The summed E-state index contributed by atoms with van der Waals surface area (Å²) in [7, 11) is 0. The second kappa shape index (κ2) is 7.00. The van der Waals surface area contributed by atoms with E-state index in [1.54, 1.807) is 13.8 Å². The van der Waals surface area contributed by atoms with Crippen molar-refractivity contribution >= 4 is 5.69 Å². The molecule has 0 spiro atoms. The maximum absolute atomic E-state index is 10.9. The van der Waals surface area contributed by atoms with Crippen LogP contribution in [-0.2, 0) is 6.54 Å². The molecule has 7 heteroatoms. The number of rotatable bonds is 8. The molecule has 0 saturated carbocycles. The molecule has 120 valence electrons. The number of hydrogen-bond acceptors (Lipinski definition) is 5. The lowest BCUT2D eigenvalue weighted by Crippen LogP contribution is -2.36. The minimum atomic E-state index is -0.629. The number of aliphatic hydroxyl groups is 1. The van der Waals surface area contributed by atoms with E-state index in [-0.39, 0.29) is 17.6 Å². The maximum atomic E-state index is 10.9. The Morgan fingerprint density at radius 1 is 1.48 bits per heavy atom. The first-order valence-electron chi connectivity index (χ1n) is 7.25. The van der Waals surface area contributed by atoms with Crippen molar-refractivity contribution in [1.82, 2.24) is 15.1 Å². The van der Waals surface area contributed by atoms with Gasteiger partial charge in [-0.05, 0) is 25.7 Å². The molecule has 1 unspecified atom stereocenters. The Morgan fingerprint density at radius 3 is 2.57 bits per heavy atom. The number of nitrogens with one attached hydrogen (secondary N) is 1. The topological polar surface area (TPSA) is 93.2 Å². The fraction of sp³-hybridized carbons (Fsp3) is 0.786. The number of nitro groups is 1. The van der Waals surface area contributed by atoms with Gasteiger partial charge in [0.05, 0.1) is 17.6 Å². The standard InChI is InChI=1S/C14H26N4O3/c1-6-14(4,5)9-15-7-12(19)8-17-11(3)13(18(20)21)10(2)16-17/h12,15,19H,6-9H2,1-5H3. The van der Waals surface area contributed by atoms with Crippen LogP contribution in [0.3, 0.4) is 0 Å². The molecule has 0 amide bonds. The Kier molecular flexibility index (Phi) is 5.86. The summed E-state index contributed by atoms with van der Waals surface area (Å²) in [5.74, 6) is 0. The van der Waals surface area contributed by atoms with Gasteiger partial charge in [-0.2, -0.15) is 5.10 Å². The second-order valence-electron chi connectivity index (χ2n) is 6.26. The normalized spacial score (nSPS) is 13.4. The van der Waals surface area contributed by atoms with Gasteiger partial charge in [-0.15, -0.1) is 0 Å². The van der Waals surface area contributed by atoms with Gasteiger partial charge in [-0.25, -0.2) is 0 Å². The van der Waals surface area contributed by atoms with Crippen LogP contribution in [0.2, 0.25) is 0 Å². The van der Waals surface area contributed by atoms with Crippen molar-refractivity contribution in [2.45, 2.75) is 53.7 Å². The molecule has 0 radical (unpaired) electrons. The third-order valence-electron chi connectivity index (χ3n) is 3.85. The van der Waals surface area contributed by atoms with Crippen LogP contribution in [-0.4, -0.2) is 39.0 Å². The zero-order chi connectivity index (χ0) is 16.2. The van der Waals surface area contributed by atoms with Crippen LogP contribution >= 0.6 is 0 Å². The molecule has 1 aromatic heterocycles. The number of aromatic nitrogens is 2. The minimum absolute atomic E-state index is 0.0299. The smallest absolute Gasteiger partial charge is 0.312 e. The van der Waals surface area contributed by atoms with E-state index in [1.165, 1.54) is 4.68 Å². The van der Waals surface area contributed by atoms with E-state index in [0.717, 1.165) is 13.0 Å². The lowest BCUT2D eigenvalue weighted by atomic mass is 9.90. The molecule has 0 aliphatic carbocycles. The molecule has 1 aromatic rings. The van der Waals surface area contributed by atoms with Crippen LogP contribution in [0.5, 0.6) is 0 Å². The third kappa shape index (κ3) is 4.78. The van der Waals surface area contributed by atoms with Crippen LogP contribution in [0.1, 0.15) is 38.6 Å². The van der Waals surface area contributed by atoms with E-state index in [2.05, 4.69) is 31.2 Å². The number of aliphatic hydroxyl groups excluding tert-OH is 1. The van der Waals surface area contributed by atoms with Crippen LogP contribution in [0, 0.1) is 29.4 Å². The molecule has 1 heterocycles. The fourth-order valence-electron chi connectivity index (χ4n) is 2.10. The highest BCUT2D eigenvalue weighted by atomic mass is 16.6. The van der Waals surface area contributed by atoms with Gasteiger partial charge in [0.2, 0.25) is 0 Å². The van der Waals surface area contributed by atoms with Gasteiger partial charge in [0.25, 0.3) is 0 Å². The van der Waals surface area contributed by atoms with Crippen molar-refractivity contribution in [2.24, 2.45) is 5.41 Å². The molecule has 0 fully saturated rings. The van der Waals surface area contributed by atoms with Gasteiger partial charge < -0.3 is 10.4 Å². The molecule has 0 aromatic carbocycles. The first-order chi connectivity index (χ1) is 9.68. The van der Waals surface area contributed by atoms with Gasteiger partial charge in [0.1, 0.15) is 11.4 Å². The molecule has 21 heavy (non-hydrogen) atoms. The summed E-state index contributed by atoms with van der Waals surface area (Å²) in [6.07, 6.45) is 0.426. The molecular weight excluding hydrogens is 272 g/mol. The Morgan fingerprint density at radius 2 is 2.10 bits per heavy atom. The molecule has 0 aliphatic rings. The molecule has 7 nitrogen and oxygen atoms in total. The number of hydrogen-bond donors (Lipinski definition) is 2. The average molecular weight is 298 g/mol. The third-order valence-corrected chi connectivity index (χ3v) is 3.85. The predicted octanol–water partition coefficient (Wildman–Crippen LogP) is 1.79. The van der Waals surface area contributed by atoms with Gasteiger partial charge in [-0.3, -0.25) is 14.8 Å². The van der Waals surface area contributed by atoms with Gasteiger partial charge >= 0.3 is 5.69 Å². The van der Waals surface area contributed by atoms with Crippen LogP contribution < -0.4 is 5.32 Å². The van der Waals surface area contributed by atoms with Crippen LogP contribution in [0.15, 0.2) is 0 Å². The fourth-order valence-corrected chi connectivity index (χ4v) is 2.10. The second-order valence-corrected chi connectivity index (χ2v) is 6.26. The molecule has 2 N–H and O–H groups in total. The summed E-state index contributed by atoms with van der Waals surface area (Å²) in [5.41, 5.74) is 1.08. The molecule has 1 rings (SSSR count). The zero-order valence-corrected chi connectivity index (χ0v) is 13.5. The maximum Gasteiger partial charge on any atom is 0.312 e. The van der Waals surface area contributed by atoms with E-state index in [9.17, 15) is 15.2 Å². The average Bonchev–Trinajstić information content (AvgIpc) is 2.64. The highest BCUT2D eigenvalue weighted by molar-refractivity contribution is 5.39. The first-order valence-corrected chi connectivity index (χ1v) is 7.25. The summed E-state index contributed by atoms with van der Waals surface area (Å²) in [5, 5.41) is 28.3. The molecule has 0 saturated heterocycles. The van der Waals surface area contributed by atoms with E-state index in [1.807, 2.05) is 0 Å². The van der Waals surface area contributed by atoms with Crippen molar-refractivity contribution in [3.05, 3.63) is 21.5 Å². The van der Waals surface area contributed by atoms with Crippen molar-refractivity contribution in [3.63, 3.8) is 0 Å². The van der Waals surface area contributed by atoms with Crippen molar-refractivity contribution in [1.29, 1.82) is 0 Å². The number of aryl methyl sites for hydroxylation is 1. The molecule has 0 bridgehead atoms. The molecule has 0 aliphatic heterocycles. The summed E-state index contributed by atoms with van der Waals surface area (Å²) in [6.45, 7) is 11.2. The van der Waals surface area contributed by atoms with Gasteiger partial charge in [0.15, 0.2) is 0 Å². The molecule has 1 atom stereocenters. The Labute approximate surface area is 125 Å². The van der Waals surface area contributed by atoms with E-state index in [4.69, 9.17) is 0 Å². The zero-order valence-electron chi connectivity index (χ0n) is 13.5. The largest absolute Gasteiger partial charge is 0.390 e. The Bertz CT molecular complexity index is 497. The predicted molar refractivity (Wildman–Crippen MR) is 81.3 cm³/mol. The summed E-state index contributed by atoms with van der Waals surface area (Å²) in [4.78, 5) is 10.5. The quantitative estimate of drug-likeness (QED) is 0.564. The number of nitrogens with zero attached hydrogens (tertiary/aromatic N) is 3. The SMILES string of the molecule is CCC(C)(C)CNCC(O)Cn1nc(C)c([N+](=O)[O-])c1C. The minimum Gasteiger partial charge on any atom is -0.390 e. The summed E-state index contributed by atoms with van der Waals surface area (Å²) < 4.78 is 1.50. The van der Waals surface area contributed by atoms with Crippen LogP contribution in [0.4, 0.5) is 5.69 Å². The monoisotopic (exact) mass is 298 g/mol. The summed E-state index contributed by atoms with van der Waals surface area (Å²) in [6, 6.07) is 0. The van der Waals surface area contributed by atoms with Crippen molar-refractivity contribution in [2.75, 3.05) is 13.1 Å². The first kappa shape index (κ1) is 17.6. The van der Waals surface area contributed by atoms with Gasteiger partial charge in [0, 0.05) is 13.1 Å².